The molecule has 9 nitrogen and oxygen atoms in total. The molecule has 1 fully saturated rings. The maximum atomic E-state index is 12.7. The maximum absolute atomic E-state index is 12.7. The van der Waals surface area contributed by atoms with Crippen LogP contribution in [0.1, 0.15) is 53.7 Å². The number of ether oxygens (including phenoxy) is 2. The van der Waals surface area contributed by atoms with Crippen LogP contribution in [-0.2, 0) is 11.3 Å². The molecule has 0 aromatic heterocycles. The zero-order valence-electron chi connectivity index (χ0n) is 19.9. The largest absolute Gasteiger partial charge is 0.493 e. The highest BCUT2D eigenvalue weighted by molar-refractivity contribution is 6.06. The average molecular weight is 478 g/mol. The van der Waals surface area contributed by atoms with Gasteiger partial charge in [-0.05, 0) is 56.2 Å². The molecule has 0 aliphatic carbocycles. The minimum absolute atomic E-state index is 0.0258. The highest BCUT2D eigenvalue weighted by atomic mass is 16.6. The number of carbonyl (C=O) groups is 3. The van der Waals surface area contributed by atoms with Crippen LogP contribution in [0.4, 0.5) is 9.59 Å². The van der Waals surface area contributed by atoms with Crippen molar-refractivity contribution >= 4 is 18.1 Å². The summed E-state index contributed by atoms with van der Waals surface area (Å²) >= 11 is 0. The Balaban J connectivity index is 1.51. The van der Waals surface area contributed by atoms with E-state index in [1.165, 1.54) is 0 Å². The third-order valence-corrected chi connectivity index (χ3v) is 6.14. The second-order valence-corrected chi connectivity index (χ2v) is 9.79. The summed E-state index contributed by atoms with van der Waals surface area (Å²) in [5.74, 6) is -0.201. The van der Waals surface area contributed by atoms with E-state index in [4.69, 9.17) is 14.7 Å². The lowest BCUT2D eigenvalue weighted by molar-refractivity contribution is 0.0283. The number of amides is 3. The fraction of sp³-hybridized carbons (Fsp3) is 0.385. The Labute approximate surface area is 203 Å². The molecule has 35 heavy (non-hydrogen) atoms. The molecular formula is C26H27N3O6. The van der Waals surface area contributed by atoms with Crippen LogP contribution >= 0.6 is 0 Å². The monoisotopic (exact) mass is 477 g/mol. The molecule has 0 saturated carbocycles. The van der Waals surface area contributed by atoms with Crippen molar-refractivity contribution in [2.75, 3.05) is 19.7 Å². The summed E-state index contributed by atoms with van der Waals surface area (Å²) in [5.41, 5.74) is 1.88. The van der Waals surface area contributed by atoms with E-state index in [1.807, 2.05) is 32.9 Å². The van der Waals surface area contributed by atoms with Gasteiger partial charge >= 0.3 is 12.2 Å². The van der Waals surface area contributed by atoms with Gasteiger partial charge in [-0.25, -0.2) is 14.5 Å². The minimum Gasteiger partial charge on any atom is -0.493 e. The van der Waals surface area contributed by atoms with Crippen molar-refractivity contribution in [2.45, 2.75) is 38.8 Å². The first-order valence-electron chi connectivity index (χ1n) is 11.3. The number of hydrogen-bond donors (Lipinski definition) is 1. The zero-order valence-corrected chi connectivity index (χ0v) is 19.9. The summed E-state index contributed by atoms with van der Waals surface area (Å²) in [4.78, 5) is 38.8. The molecule has 4 rings (SSSR count). The Morgan fingerprint density at radius 1 is 1.14 bits per heavy atom. The SMILES string of the molecule is CC(C)(C)OC(=O)N1C[C@H](COc2ccc3c(c2)C(=O)N(C(=O)O)C3)[C@@H](c2ccc(C#N)cc2)C1. The van der Waals surface area contributed by atoms with Crippen molar-refractivity contribution in [3.8, 4) is 11.8 Å². The van der Waals surface area contributed by atoms with Crippen molar-refractivity contribution in [3.63, 3.8) is 0 Å². The molecular weight excluding hydrogens is 450 g/mol. The Morgan fingerprint density at radius 2 is 1.86 bits per heavy atom. The van der Waals surface area contributed by atoms with E-state index >= 15 is 0 Å². The molecule has 1 saturated heterocycles. The Morgan fingerprint density at radius 3 is 2.49 bits per heavy atom. The molecule has 0 radical (unpaired) electrons. The lowest BCUT2D eigenvalue weighted by Crippen LogP contribution is -2.35. The van der Waals surface area contributed by atoms with Gasteiger partial charge in [0.05, 0.1) is 24.8 Å². The second-order valence-electron chi connectivity index (χ2n) is 9.79. The van der Waals surface area contributed by atoms with Gasteiger partial charge in [-0.2, -0.15) is 5.26 Å². The van der Waals surface area contributed by atoms with Crippen molar-refractivity contribution in [3.05, 3.63) is 64.7 Å². The number of benzene rings is 2. The lowest BCUT2D eigenvalue weighted by Gasteiger charge is -2.24. The van der Waals surface area contributed by atoms with Gasteiger partial charge in [0.1, 0.15) is 11.4 Å². The molecule has 0 spiro atoms. The first kappa shape index (κ1) is 24.1. The first-order valence-corrected chi connectivity index (χ1v) is 11.3. The smallest absolute Gasteiger partial charge is 0.414 e. The highest BCUT2D eigenvalue weighted by Gasteiger charge is 2.39. The van der Waals surface area contributed by atoms with Crippen LogP contribution in [0.3, 0.4) is 0 Å². The molecule has 1 N–H and O–H groups in total. The van der Waals surface area contributed by atoms with Crippen LogP contribution in [0.5, 0.6) is 5.75 Å². The van der Waals surface area contributed by atoms with Crippen molar-refractivity contribution in [2.24, 2.45) is 5.92 Å². The normalized spacial score (nSPS) is 19.3. The van der Waals surface area contributed by atoms with Gasteiger partial charge in [0, 0.05) is 30.5 Å². The summed E-state index contributed by atoms with van der Waals surface area (Å²) in [6.07, 6.45) is -1.68. The van der Waals surface area contributed by atoms with Crippen LogP contribution in [0, 0.1) is 17.2 Å². The molecule has 182 valence electrons. The predicted molar refractivity (Wildman–Crippen MR) is 125 cm³/mol. The van der Waals surface area contributed by atoms with E-state index in [1.54, 1.807) is 35.2 Å². The quantitative estimate of drug-likeness (QED) is 0.700. The number of fused-ring (bicyclic) bond motifs is 1. The summed E-state index contributed by atoms with van der Waals surface area (Å²) < 4.78 is 11.6. The van der Waals surface area contributed by atoms with Gasteiger partial charge in [0.25, 0.3) is 5.91 Å². The van der Waals surface area contributed by atoms with Crippen LogP contribution in [0.15, 0.2) is 42.5 Å². The maximum Gasteiger partial charge on any atom is 0.414 e. The predicted octanol–water partition coefficient (Wildman–Crippen LogP) is 4.22. The summed E-state index contributed by atoms with van der Waals surface area (Å²) in [7, 11) is 0. The van der Waals surface area contributed by atoms with Crippen LogP contribution in [0.25, 0.3) is 0 Å². The Bertz CT molecular complexity index is 1200. The average Bonchev–Trinajstić information content (AvgIpc) is 3.38. The van der Waals surface area contributed by atoms with Gasteiger partial charge in [-0.1, -0.05) is 18.2 Å². The van der Waals surface area contributed by atoms with E-state index in [0.717, 1.165) is 10.5 Å². The molecule has 2 heterocycles. The number of imide groups is 1. The second kappa shape index (κ2) is 9.29. The Hall–Kier alpha value is -4.06. The fourth-order valence-corrected chi connectivity index (χ4v) is 4.43. The number of nitriles is 1. The molecule has 2 aliphatic rings. The molecule has 3 amide bonds. The van der Waals surface area contributed by atoms with Gasteiger partial charge in [0.15, 0.2) is 0 Å². The molecule has 9 heteroatoms. The fourth-order valence-electron chi connectivity index (χ4n) is 4.43. The standard InChI is InChI=1S/C26H27N3O6/c1-26(2,3)35-25(33)28-12-19(22(14-28)17-6-4-16(11-27)5-7-17)15-34-20-9-8-18-13-29(24(31)32)23(30)21(18)10-20/h4-10,19,22H,12-15H2,1-3H3,(H,31,32)/t19-,22-/m1/s1. The van der Waals surface area contributed by atoms with Crippen LogP contribution in [-0.4, -0.2) is 58.3 Å². The molecule has 2 atom stereocenters. The number of carboxylic acid groups (broad SMARTS) is 1. The van der Waals surface area contributed by atoms with Crippen molar-refractivity contribution < 1.29 is 29.0 Å². The van der Waals surface area contributed by atoms with Gasteiger partial charge in [-0.3, -0.25) is 4.79 Å². The number of likely N-dealkylation sites (tertiary alicyclic amines) is 1. The molecule has 0 unspecified atom stereocenters. The van der Waals surface area contributed by atoms with Crippen molar-refractivity contribution in [1.29, 1.82) is 5.26 Å². The van der Waals surface area contributed by atoms with Gasteiger partial charge in [-0.15, -0.1) is 0 Å². The summed E-state index contributed by atoms with van der Waals surface area (Å²) in [6, 6.07) is 14.4. The van der Waals surface area contributed by atoms with E-state index in [2.05, 4.69) is 6.07 Å². The number of hydrogen-bond acceptors (Lipinski definition) is 6. The molecule has 0 bridgehead atoms. The van der Waals surface area contributed by atoms with E-state index in [9.17, 15) is 19.5 Å². The Kier molecular flexibility index (Phi) is 6.39. The number of nitrogens with zero attached hydrogens (tertiary/aromatic N) is 3. The molecule has 2 aromatic carbocycles. The van der Waals surface area contributed by atoms with Crippen molar-refractivity contribution in [1.82, 2.24) is 9.80 Å². The first-order chi connectivity index (χ1) is 16.6. The molecule has 2 aliphatic heterocycles. The van der Waals surface area contributed by atoms with E-state index in [-0.39, 0.29) is 25.0 Å². The van der Waals surface area contributed by atoms with Gasteiger partial charge in [0.2, 0.25) is 0 Å². The topological polar surface area (TPSA) is 120 Å². The minimum atomic E-state index is -1.29. The zero-order chi connectivity index (χ0) is 25.3. The highest BCUT2D eigenvalue weighted by Crippen LogP contribution is 2.35. The summed E-state index contributed by atoms with van der Waals surface area (Å²) in [6.45, 7) is 6.64. The van der Waals surface area contributed by atoms with E-state index in [0.29, 0.717) is 35.5 Å². The van der Waals surface area contributed by atoms with Gasteiger partial charge < -0.3 is 19.5 Å². The number of rotatable bonds is 4. The summed E-state index contributed by atoms with van der Waals surface area (Å²) in [5, 5.41) is 18.3. The van der Waals surface area contributed by atoms with Crippen LogP contribution in [0.2, 0.25) is 0 Å². The third-order valence-electron chi connectivity index (χ3n) is 6.14. The lowest BCUT2D eigenvalue weighted by atomic mass is 9.89. The van der Waals surface area contributed by atoms with E-state index < -0.39 is 23.7 Å². The molecule has 2 aromatic rings. The third kappa shape index (κ3) is 5.22. The van der Waals surface area contributed by atoms with Crippen LogP contribution < -0.4 is 4.74 Å². The number of carbonyl (C=O) groups excluding carboxylic acids is 2.